The van der Waals surface area contributed by atoms with Crippen LogP contribution in [0.1, 0.15) is 25.8 Å². The first kappa shape index (κ1) is 14.2. The molecule has 104 valence electrons. The number of hydrogen-bond donors (Lipinski definition) is 1. The Balaban J connectivity index is 2.15. The first-order chi connectivity index (χ1) is 8.82. The summed E-state index contributed by atoms with van der Waals surface area (Å²) >= 11 is 1.54. The van der Waals surface area contributed by atoms with Gasteiger partial charge in [-0.2, -0.15) is 13.2 Å². The monoisotopic (exact) mass is 288 g/mol. The first-order valence-corrected chi connectivity index (χ1v) is 6.98. The van der Waals surface area contributed by atoms with Crippen LogP contribution in [-0.2, 0) is 6.18 Å². The topological polar surface area (TPSA) is 24.4 Å². The molecule has 0 aromatic heterocycles. The van der Waals surface area contributed by atoms with E-state index in [9.17, 15) is 13.2 Å². The smallest absolute Gasteiger partial charge is 0.335 e. The molecule has 6 heteroatoms. The number of halogens is 3. The van der Waals surface area contributed by atoms with Gasteiger partial charge in [-0.15, -0.1) is 0 Å². The van der Waals surface area contributed by atoms with Gasteiger partial charge in [0.15, 0.2) is 5.17 Å². The Morgan fingerprint density at radius 3 is 2.74 bits per heavy atom. The van der Waals surface area contributed by atoms with Crippen LogP contribution in [-0.4, -0.2) is 16.5 Å². The molecule has 1 atom stereocenters. The Labute approximate surface area is 114 Å². The molecule has 0 bridgehead atoms. The summed E-state index contributed by atoms with van der Waals surface area (Å²) < 4.78 is 37.8. The van der Waals surface area contributed by atoms with Crippen molar-refractivity contribution < 1.29 is 13.2 Å². The summed E-state index contributed by atoms with van der Waals surface area (Å²) in [4.78, 5) is 4.51. The number of thioether (sulfide) groups is 1. The van der Waals surface area contributed by atoms with Crippen LogP contribution in [0.4, 0.5) is 18.9 Å². The fourth-order valence-corrected chi connectivity index (χ4v) is 2.87. The summed E-state index contributed by atoms with van der Waals surface area (Å²) in [7, 11) is 0. The molecule has 1 heterocycles. The number of nitrogens with one attached hydrogen (secondary N) is 1. The lowest BCUT2D eigenvalue weighted by molar-refractivity contribution is -0.137. The van der Waals surface area contributed by atoms with Gasteiger partial charge in [0, 0.05) is 11.4 Å². The van der Waals surface area contributed by atoms with Gasteiger partial charge in [-0.05, 0) is 31.5 Å². The minimum absolute atomic E-state index is 0.116. The Bertz CT molecular complexity index is 499. The molecule has 0 saturated carbocycles. The summed E-state index contributed by atoms with van der Waals surface area (Å²) in [5.74, 6) is 0.852. The molecule has 0 fully saturated rings. The third-order valence-electron chi connectivity index (χ3n) is 3.09. The van der Waals surface area contributed by atoms with E-state index in [4.69, 9.17) is 0 Å². The molecule has 1 aromatic carbocycles. The van der Waals surface area contributed by atoms with E-state index in [0.29, 0.717) is 10.9 Å². The Morgan fingerprint density at radius 2 is 2.16 bits per heavy atom. The summed E-state index contributed by atoms with van der Waals surface area (Å²) in [6, 6.07) is 5.17. The summed E-state index contributed by atoms with van der Waals surface area (Å²) in [6.45, 7) is 4.10. The highest BCUT2D eigenvalue weighted by molar-refractivity contribution is 8.14. The molecule has 2 nitrogen and oxygen atoms in total. The SMILES string of the molecule is CCC1(C)CSC(Nc2cccc(C(F)(F)F)c2)=N1. The van der Waals surface area contributed by atoms with E-state index in [1.165, 1.54) is 17.8 Å². The van der Waals surface area contributed by atoms with Gasteiger partial charge in [0.25, 0.3) is 0 Å². The molecule has 0 saturated heterocycles. The van der Waals surface area contributed by atoms with Crippen molar-refractivity contribution in [2.24, 2.45) is 4.99 Å². The quantitative estimate of drug-likeness (QED) is 0.873. The highest BCUT2D eigenvalue weighted by atomic mass is 32.2. The predicted octanol–water partition coefficient (Wildman–Crippen LogP) is 4.39. The molecule has 0 spiro atoms. The van der Waals surface area contributed by atoms with Crippen molar-refractivity contribution >= 4 is 22.6 Å². The molecular formula is C13H15F3N2S. The summed E-state index contributed by atoms with van der Waals surface area (Å²) in [6.07, 6.45) is -3.41. The van der Waals surface area contributed by atoms with Crippen molar-refractivity contribution in [1.82, 2.24) is 0 Å². The van der Waals surface area contributed by atoms with Crippen molar-refractivity contribution in [3.63, 3.8) is 0 Å². The van der Waals surface area contributed by atoms with Crippen molar-refractivity contribution in [3.8, 4) is 0 Å². The maximum atomic E-state index is 12.6. The minimum atomic E-state index is -4.32. The van der Waals surface area contributed by atoms with Crippen LogP contribution in [0.25, 0.3) is 0 Å². The zero-order valence-corrected chi connectivity index (χ0v) is 11.5. The second-order valence-electron chi connectivity index (χ2n) is 4.76. The fourth-order valence-electron chi connectivity index (χ4n) is 1.68. The lowest BCUT2D eigenvalue weighted by atomic mass is 10.0. The number of amidine groups is 1. The minimum Gasteiger partial charge on any atom is -0.335 e. The number of rotatable bonds is 2. The van der Waals surface area contributed by atoms with E-state index in [1.54, 1.807) is 6.07 Å². The van der Waals surface area contributed by atoms with Crippen LogP contribution < -0.4 is 5.32 Å². The van der Waals surface area contributed by atoms with Crippen molar-refractivity contribution in [2.75, 3.05) is 11.1 Å². The molecule has 2 rings (SSSR count). The van der Waals surface area contributed by atoms with Gasteiger partial charge >= 0.3 is 6.18 Å². The van der Waals surface area contributed by atoms with Crippen molar-refractivity contribution in [2.45, 2.75) is 32.0 Å². The highest BCUT2D eigenvalue weighted by Gasteiger charge is 2.31. The van der Waals surface area contributed by atoms with Crippen molar-refractivity contribution in [3.05, 3.63) is 29.8 Å². The zero-order chi connectivity index (χ0) is 14.1. The van der Waals surface area contributed by atoms with E-state index in [0.717, 1.165) is 24.3 Å². The number of aliphatic imine (C=N–C) groups is 1. The fraction of sp³-hybridized carbons (Fsp3) is 0.462. The third-order valence-corrected chi connectivity index (χ3v) is 4.33. The number of hydrogen-bond acceptors (Lipinski definition) is 3. The molecule has 1 N–H and O–H groups in total. The molecule has 19 heavy (non-hydrogen) atoms. The lowest BCUT2D eigenvalue weighted by Gasteiger charge is -2.15. The first-order valence-electron chi connectivity index (χ1n) is 5.99. The number of anilines is 1. The van der Waals surface area contributed by atoms with E-state index >= 15 is 0 Å². The Morgan fingerprint density at radius 1 is 1.42 bits per heavy atom. The zero-order valence-electron chi connectivity index (χ0n) is 10.7. The number of nitrogens with zero attached hydrogens (tertiary/aromatic N) is 1. The van der Waals surface area contributed by atoms with Crippen LogP contribution in [0.2, 0.25) is 0 Å². The van der Waals surface area contributed by atoms with Crippen LogP contribution in [0.5, 0.6) is 0 Å². The van der Waals surface area contributed by atoms with Gasteiger partial charge in [-0.1, -0.05) is 24.8 Å². The second kappa shape index (κ2) is 5.07. The molecule has 0 amide bonds. The van der Waals surface area contributed by atoms with Gasteiger partial charge in [-0.3, -0.25) is 4.99 Å². The number of alkyl halides is 3. The molecule has 1 aliphatic rings. The summed E-state index contributed by atoms with van der Waals surface area (Å²) in [5, 5.41) is 3.64. The molecular weight excluding hydrogens is 273 g/mol. The van der Waals surface area contributed by atoms with Gasteiger partial charge in [0.2, 0.25) is 0 Å². The largest absolute Gasteiger partial charge is 0.416 e. The average Bonchev–Trinajstić information content (AvgIpc) is 2.71. The van der Waals surface area contributed by atoms with E-state index in [2.05, 4.69) is 17.2 Å². The van der Waals surface area contributed by atoms with Crippen LogP contribution in [0, 0.1) is 0 Å². The Kier molecular flexibility index (Phi) is 3.80. The van der Waals surface area contributed by atoms with Crippen LogP contribution in [0.3, 0.4) is 0 Å². The molecule has 1 aliphatic heterocycles. The molecule has 0 radical (unpaired) electrons. The van der Waals surface area contributed by atoms with Gasteiger partial charge < -0.3 is 5.32 Å². The van der Waals surface area contributed by atoms with Crippen LogP contribution in [0.15, 0.2) is 29.3 Å². The standard InChI is InChI=1S/C13H15F3N2S/c1-3-12(2)8-19-11(18-12)17-10-6-4-5-9(7-10)13(14,15)16/h4-7H,3,8H2,1-2H3,(H,17,18). The van der Waals surface area contributed by atoms with E-state index < -0.39 is 11.7 Å². The Hall–Kier alpha value is -1.17. The van der Waals surface area contributed by atoms with Gasteiger partial charge in [0.05, 0.1) is 11.1 Å². The third kappa shape index (κ3) is 3.43. The molecule has 1 aromatic rings. The van der Waals surface area contributed by atoms with E-state index in [-0.39, 0.29) is 5.54 Å². The normalized spacial score (nSPS) is 23.3. The lowest BCUT2D eigenvalue weighted by Crippen LogP contribution is -2.20. The maximum absolute atomic E-state index is 12.6. The summed E-state index contributed by atoms with van der Waals surface area (Å²) in [5.41, 5.74) is -0.352. The van der Waals surface area contributed by atoms with Crippen LogP contribution >= 0.6 is 11.8 Å². The van der Waals surface area contributed by atoms with Gasteiger partial charge in [0.1, 0.15) is 0 Å². The number of benzene rings is 1. The second-order valence-corrected chi connectivity index (χ2v) is 5.72. The van der Waals surface area contributed by atoms with Gasteiger partial charge in [-0.25, -0.2) is 0 Å². The maximum Gasteiger partial charge on any atom is 0.416 e. The van der Waals surface area contributed by atoms with E-state index in [1.807, 2.05) is 6.92 Å². The molecule has 0 aliphatic carbocycles. The van der Waals surface area contributed by atoms with Crippen molar-refractivity contribution in [1.29, 1.82) is 0 Å². The average molecular weight is 288 g/mol. The molecule has 1 unspecified atom stereocenters. The highest BCUT2D eigenvalue weighted by Crippen LogP contribution is 2.33. The predicted molar refractivity (Wildman–Crippen MR) is 73.7 cm³/mol.